The summed E-state index contributed by atoms with van der Waals surface area (Å²) in [4.78, 5) is 13.8. The number of ketones is 1. The lowest BCUT2D eigenvalue weighted by Gasteiger charge is -2.30. The predicted octanol–water partition coefficient (Wildman–Crippen LogP) is 7.03. The van der Waals surface area contributed by atoms with Crippen LogP contribution in [0.2, 0.25) is 0 Å². The van der Waals surface area contributed by atoms with Crippen molar-refractivity contribution in [2.75, 3.05) is 24.4 Å². The van der Waals surface area contributed by atoms with Gasteiger partial charge in [-0.15, -0.1) is 0 Å². The molecule has 1 aliphatic carbocycles. The molecule has 0 amide bonds. The number of carbonyl (C=O) groups is 1. The fraction of sp³-hybridized carbons (Fsp3) is 0.323. The van der Waals surface area contributed by atoms with E-state index in [9.17, 15) is 4.79 Å². The largest absolute Gasteiger partial charge is 0.493 e. The van der Waals surface area contributed by atoms with E-state index < -0.39 is 0 Å². The Bertz CT molecular complexity index is 1280. The Morgan fingerprint density at radius 3 is 2.36 bits per heavy atom. The van der Waals surface area contributed by atoms with E-state index in [2.05, 4.69) is 60.9 Å². The van der Waals surface area contributed by atoms with E-state index in [1.54, 1.807) is 7.11 Å². The van der Waals surface area contributed by atoms with E-state index in [0.717, 1.165) is 53.2 Å². The van der Waals surface area contributed by atoms with Crippen molar-refractivity contribution < 1.29 is 14.3 Å². The van der Waals surface area contributed by atoms with Crippen molar-refractivity contribution in [2.24, 2.45) is 0 Å². The highest BCUT2D eigenvalue weighted by molar-refractivity contribution is 6.01. The molecule has 5 nitrogen and oxygen atoms in total. The van der Waals surface area contributed by atoms with Crippen LogP contribution in [0.25, 0.3) is 0 Å². The summed E-state index contributed by atoms with van der Waals surface area (Å²) in [5, 5.41) is 7.27. The molecule has 0 saturated heterocycles. The molecule has 2 N–H and O–H groups in total. The van der Waals surface area contributed by atoms with E-state index in [0.29, 0.717) is 18.8 Å². The van der Waals surface area contributed by atoms with Crippen LogP contribution in [0.1, 0.15) is 61.8 Å². The fourth-order valence-electron chi connectivity index (χ4n) is 5.20. The third kappa shape index (κ3) is 4.70. The first-order valence-corrected chi connectivity index (χ1v) is 12.9. The average Bonchev–Trinajstić information content (AvgIpc) is 3.09. The molecule has 3 aromatic carbocycles. The number of aryl methyl sites for hydroxylation is 1. The summed E-state index contributed by atoms with van der Waals surface area (Å²) in [6, 6.07) is 22.5. The Kier molecular flexibility index (Phi) is 6.99. The Balaban J connectivity index is 1.55. The van der Waals surface area contributed by atoms with Gasteiger partial charge in [0.25, 0.3) is 0 Å². The number of Topliss-reactive ketones (excluding diaryl/α,β-unsaturated/α-hetero) is 1. The Hall–Kier alpha value is -3.73. The number of hydrogen-bond acceptors (Lipinski definition) is 5. The lowest BCUT2D eigenvalue weighted by molar-refractivity contribution is -0.116. The second-order valence-corrected chi connectivity index (χ2v) is 9.52. The lowest BCUT2D eigenvalue weighted by Crippen LogP contribution is -2.27. The van der Waals surface area contributed by atoms with Crippen LogP contribution in [0, 0.1) is 0 Å². The van der Waals surface area contributed by atoms with Crippen LogP contribution in [-0.4, -0.2) is 19.5 Å². The highest BCUT2D eigenvalue weighted by Gasteiger charge is 2.36. The van der Waals surface area contributed by atoms with E-state index >= 15 is 0 Å². The molecule has 0 spiro atoms. The van der Waals surface area contributed by atoms with Gasteiger partial charge in [0.05, 0.1) is 31.1 Å². The van der Waals surface area contributed by atoms with Gasteiger partial charge in [-0.25, -0.2) is 0 Å². The predicted molar refractivity (Wildman–Crippen MR) is 145 cm³/mol. The molecule has 0 bridgehead atoms. The van der Waals surface area contributed by atoms with Gasteiger partial charge in [0.1, 0.15) is 0 Å². The summed E-state index contributed by atoms with van der Waals surface area (Å²) in [7, 11) is 1.65. The quantitative estimate of drug-likeness (QED) is 0.379. The summed E-state index contributed by atoms with van der Waals surface area (Å²) in [6.07, 6.45) is 3.21. The van der Waals surface area contributed by atoms with Gasteiger partial charge in [-0.05, 0) is 66.1 Å². The lowest BCUT2D eigenvalue weighted by atomic mass is 9.78. The molecule has 36 heavy (non-hydrogen) atoms. The molecule has 2 aliphatic rings. The fourth-order valence-corrected chi connectivity index (χ4v) is 5.20. The highest BCUT2D eigenvalue weighted by atomic mass is 16.5. The Morgan fingerprint density at radius 2 is 1.64 bits per heavy atom. The van der Waals surface area contributed by atoms with Gasteiger partial charge in [-0.2, -0.15) is 0 Å². The minimum absolute atomic E-state index is 0.153. The number of para-hydroxylation sites is 2. The molecule has 0 saturated carbocycles. The van der Waals surface area contributed by atoms with Gasteiger partial charge in [0.15, 0.2) is 17.3 Å². The number of carbonyl (C=O) groups excluding carboxylic acids is 1. The molecular formula is C31H34N2O3. The van der Waals surface area contributed by atoms with Crippen LogP contribution in [-0.2, 0) is 11.2 Å². The van der Waals surface area contributed by atoms with Crippen molar-refractivity contribution in [2.45, 2.75) is 51.5 Å². The Labute approximate surface area is 213 Å². The number of hydrogen-bond donors (Lipinski definition) is 2. The van der Waals surface area contributed by atoms with Crippen molar-refractivity contribution in [3.05, 3.63) is 94.7 Å². The zero-order chi connectivity index (χ0) is 25.1. The van der Waals surface area contributed by atoms with E-state index in [1.807, 2.05) is 30.3 Å². The van der Waals surface area contributed by atoms with Gasteiger partial charge in [-0.1, -0.05) is 56.3 Å². The normalized spacial score (nSPS) is 18.9. The minimum Gasteiger partial charge on any atom is -0.493 e. The minimum atomic E-state index is -0.291. The van der Waals surface area contributed by atoms with Crippen LogP contribution in [0.4, 0.5) is 11.4 Å². The van der Waals surface area contributed by atoms with Gasteiger partial charge < -0.3 is 20.1 Å². The second kappa shape index (κ2) is 10.5. The Morgan fingerprint density at radius 1 is 0.889 bits per heavy atom. The molecule has 1 aliphatic heterocycles. The van der Waals surface area contributed by atoms with Gasteiger partial charge in [0, 0.05) is 17.7 Å². The summed E-state index contributed by atoms with van der Waals surface area (Å²) in [5.41, 5.74) is 7.25. The molecule has 186 valence electrons. The standard InChI is InChI=1S/C31H34N2O3/c1-4-16-36-28-15-14-22(19-29(28)35-3)31-30-26(32-24-8-6-7-9-25(24)33-31)17-23(18-27(30)34)21-12-10-20(5-2)11-13-21/h6-15,19,23,31-33H,4-5,16-18H2,1-3H3. The molecule has 2 atom stereocenters. The van der Waals surface area contributed by atoms with E-state index in [-0.39, 0.29) is 17.7 Å². The number of ether oxygens (including phenoxy) is 2. The van der Waals surface area contributed by atoms with Gasteiger partial charge in [-0.3, -0.25) is 4.79 Å². The summed E-state index contributed by atoms with van der Waals surface area (Å²) < 4.78 is 11.5. The molecule has 0 aromatic heterocycles. The van der Waals surface area contributed by atoms with Crippen molar-refractivity contribution in [3.8, 4) is 11.5 Å². The molecule has 0 radical (unpaired) electrons. The molecule has 5 rings (SSSR count). The van der Waals surface area contributed by atoms with Crippen molar-refractivity contribution in [1.29, 1.82) is 0 Å². The highest BCUT2D eigenvalue weighted by Crippen LogP contribution is 2.45. The maximum atomic E-state index is 13.8. The van der Waals surface area contributed by atoms with Crippen molar-refractivity contribution in [3.63, 3.8) is 0 Å². The molecular weight excluding hydrogens is 448 g/mol. The monoisotopic (exact) mass is 482 g/mol. The van der Waals surface area contributed by atoms with Crippen LogP contribution in [0.3, 0.4) is 0 Å². The summed E-state index contributed by atoms with van der Waals surface area (Å²) >= 11 is 0. The maximum absolute atomic E-state index is 13.8. The van der Waals surface area contributed by atoms with Crippen LogP contribution < -0.4 is 20.1 Å². The third-order valence-electron chi connectivity index (χ3n) is 7.15. The number of rotatable bonds is 7. The number of allylic oxidation sites excluding steroid dienone is 1. The first-order valence-electron chi connectivity index (χ1n) is 12.9. The number of anilines is 2. The first-order chi connectivity index (χ1) is 17.6. The number of methoxy groups -OCH3 is 1. The van der Waals surface area contributed by atoms with Gasteiger partial charge in [0.2, 0.25) is 0 Å². The molecule has 2 unspecified atom stereocenters. The maximum Gasteiger partial charge on any atom is 0.163 e. The number of fused-ring (bicyclic) bond motifs is 1. The first kappa shape index (κ1) is 24.0. The number of nitrogens with one attached hydrogen (secondary N) is 2. The third-order valence-corrected chi connectivity index (χ3v) is 7.15. The van der Waals surface area contributed by atoms with Crippen LogP contribution in [0.15, 0.2) is 78.0 Å². The summed E-state index contributed by atoms with van der Waals surface area (Å²) in [5.74, 6) is 1.71. The van der Waals surface area contributed by atoms with Crippen molar-refractivity contribution in [1.82, 2.24) is 0 Å². The van der Waals surface area contributed by atoms with Gasteiger partial charge >= 0.3 is 0 Å². The zero-order valence-corrected chi connectivity index (χ0v) is 21.3. The van der Waals surface area contributed by atoms with Crippen LogP contribution >= 0.6 is 0 Å². The molecule has 1 heterocycles. The molecule has 3 aromatic rings. The second-order valence-electron chi connectivity index (χ2n) is 9.52. The topological polar surface area (TPSA) is 59.6 Å². The summed E-state index contributed by atoms with van der Waals surface area (Å²) in [6.45, 7) is 4.87. The zero-order valence-electron chi connectivity index (χ0n) is 21.3. The number of benzene rings is 3. The van der Waals surface area contributed by atoms with E-state index in [1.165, 1.54) is 11.1 Å². The SMILES string of the molecule is CCCOc1ccc(C2Nc3ccccc3NC3=C2C(=O)CC(c2ccc(CC)cc2)C3)cc1OC. The average molecular weight is 483 g/mol. The molecule has 5 heteroatoms. The van der Waals surface area contributed by atoms with E-state index in [4.69, 9.17) is 9.47 Å². The molecule has 0 fully saturated rings. The van der Waals surface area contributed by atoms with Crippen LogP contribution in [0.5, 0.6) is 11.5 Å². The van der Waals surface area contributed by atoms with Crippen molar-refractivity contribution >= 4 is 17.2 Å². The smallest absolute Gasteiger partial charge is 0.163 e.